The Morgan fingerprint density at radius 1 is 0.842 bits per heavy atom. The van der Waals surface area contributed by atoms with E-state index in [1.165, 1.54) is 57.8 Å². The van der Waals surface area contributed by atoms with Gasteiger partial charge in [-0.15, -0.1) is 0 Å². The fourth-order valence-electron chi connectivity index (χ4n) is 5.10. The summed E-state index contributed by atoms with van der Waals surface area (Å²) >= 11 is 0. The van der Waals surface area contributed by atoms with Crippen molar-refractivity contribution in [3.63, 3.8) is 0 Å². The predicted molar refractivity (Wildman–Crippen MR) is 156 cm³/mol. The van der Waals surface area contributed by atoms with Crippen molar-refractivity contribution in [2.45, 2.75) is 103 Å². The van der Waals surface area contributed by atoms with Crippen LogP contribution < -0.4 is 10.6 Å². The van der Waals surface area contributed by atoms with Crippen LogP contribution in [0, 0.1) is 0 Å². The summed E-state index contributed by atoms with van der Waals surface area (Å²) in [4.78, 5) is 21.6. The first-order chi connectivity index (χ1) is 18.3. The normalized spacial score (nSPS) is 14.7. The van der Waals surface area contributed by atoms with Crippen molar-refractivity contribution in [3.05, 3.63) is 23.4 Å². The third-order valence-corrected chi connectivity index (χ3v) is 8.07. The number of hydrogen-bond acceptors (Lipinski definition) is 7. The Kier molecular flexibility index (Phi) is 15.9. The summed E-state index contributed by atoms with van der Waals surface area (Å²) in [6, 6.07) is 3.81. The highest BCUT2D eigenvalue weighted by Gasteiger charge is 2.19. The molecule has 8 nitrogen and oxygen atoms in total. The van der Waals surface area contributed by atoms with Crippen LogP contribution in [-0.4, -0.2) is 69.8 Å². The SMILES string of the molecule is CCN1CCN(c2ccc(C(N)=O)c(CCCCCCCCCCCCCCCCOS(C)(=O)=O)n2)CC1. The van der Waals surface area contributed by atoms with E-state index in [0.29, 0.717) is 12.2 Å². The second-order valence-corrected chi connectivity index (χ2v) is 12.3. The van der Waals surface area contributed by atoms with E-state index in [4.69, 9.17) is 14.9 Å². The number of hydrogen-bond donors (Lipinski definition) is 1. The summed E-state index contributed by atoms with van der Waals surface area (Å²) in [6.07, 6.45) is 18.6. The topological polar surface area (TPSA) is 106 Å². The first-order valence-electron chi connectivity index (χ1n) is 14.9. The molecule has 0 aliphatic carbocycles. The third-order valence-electron chi connectivity index (χ3n) is 7.47. The predicted octanol–water partition coefficient (Wildman–Crippen LogP) is 5.30. The molecule has 0 saturated carbocycles. The van der Waals surface area contributed by atoms with Gasteiger partial charge in [0.1, 0.15) is 5.82 Å². The molecular weight excluding hydrogens is 500 g/mol. The molecule has 218 valence electrons. The van der Waals surface area contributed by atoms with Crippen LogP contribution >= 0.6 is 0 Å². The Morgan fingerprint density at radius 2 is 1.34 bits per heavy atom. The Balaban J connectivity index is 1.49. The maximum atomic E-state index is 11.9. The van der Waals surface area contributed by atoms with E-state index in [1.807, 2.05) is 12.1 Å². The molecule has 1 saturated heterocycles. The van der Waals surface area contributed by atoms with Crippen LogP contribution in [0.3, 0.4) is 0 Å². The van der Waals surface area contributed by atoms with Crippen LogP contribution in [0.5, 0.6) is 0 Å². The number of amides is 1. The van der Waals surface area contributed by atoms with Crippen LogP contribution in [0.2, 0.25) is 0 Å². The Morgan fingerprint density at radius 3 is 1.82 bits per heavy atom. The smallest absolute Gasteiger partial charge is 0.264 e. The van der Waals surface area contributed by atoms with Gasteiger partial charge in [-0.25, -0.2) is 4.98 Å². The van der Waals surface area contributed by atoms with Crippen molar-refractivity contribution in [1.29, 1.82) is 0 Å². The molecule has 1 aliphatic heterocycles. The molecule has 2 rings (SSSR count). The minimum absolute atomic E-state index is 0.314. The second kappa shape index (κ2) is 18.6. The number of pyridine rings is 1. The molecule has 1 aromatic heterocycles. The van der Waals surface area contributed by atoms with Crippen LogP contribution in [-0.2, 0) is 20.7 Å². The Hall–Kier alpha value is -1.71. The Bertz CT molecular complexity index is 902. The fraction of sp³-hybridized carbons (Fsp3) is 0.793. The van der Waals surface area contributed by atoms with Gasteiger partial charge in [-0.3, -0.25) is 8.98 Å². The van der Waals surface area contributed by atoms with Gasteiger partial charge in [-0.05, 0) is 37.9 Å². The highest BCUT2D eigenvalue weighted by molar-refractivity contribution is 7.85. The fourth-order valence-corrected chi connectivity index (χ4v) is 5.52. The summed E-state index contributed by atoms with van der Waals surface area (Å²) in [7, 11) is -3.29. The molecule has 0 atom stereocenters. The monoisotopic (exact) mass is 552 g/mol. The summed E-state index contributed by atoms with van der Waals surface area (Å²) in [5, 5.41) is 0. The van der Waals surface area contributed by atoms with Crippen LogP contribution in [0.1, 0.15) is 113 Å². The van der Waals surface area contributed by atoms with Crippen LogP contribution in [0.4, 0.5) is 5.82 Å². The number of unbranched alkanes of at least 4 members (excludes halogenated alkanes) is 13. The van der Waals surface area contributed by atoms with Gasteiger partial charge in [0.25, 0.3) is 16.0 Å². The van der Waals surface area contributed by atoms with E-state index in [9.17, 15) is 13.2 Å². The highest BCUT2D eigenvalue weighted by Crippen LogP contribution is 2.20. The number of nitrogens with zero attached hydrogens (tertiary/aromatic N) is 3. The molecule has 0 bridgehead atoms. The first kappa shape index (κ1) is 32.5. The minimum Gasteiger partial charge on any atom is -0.366 e. The van der Waals surface area contributed by atoms with E-state index in [1.54, 1.807) is 0 Å². The number of aryl methyl sites for hydroxylation is 1. The summed E-state index contributed by atoms with van der Waals surface area (Å²) in [6.45, 7) is 7.65. The molecule has 0 aromatic carbocycles. The first-order valence-corrected chi connectivity index (χ1v) is 16.7. The van der Waals surface area contributed by atoms with Crippen molar-refractivity contribution < 1.29 is 17.4 Å². The molecule has 1 fully saturated rings. The zero-order chi connectivity index (χ0) is 27.6. The lowest BCUT2D eigenvalue weighted by Crippen LogP contribution is -2.46. The third kappa shape index (κ3) is 13.9. The molecule has 2 heterocycles. The molecular formula is C29H52N4O4S. The molecule has 1 amide bonds. The number of nitrogens with two attached hydrogens (primary N) is 1. The van der Waals surface area contributed by atoms with Gasteiger partial charge in [-0.2, -0.15) is 8.42 Å². The minimum atomic E-state index is -3.29. The number of anilines is 1. The van der Waals surface area contributed by atoms with Gasteiger partial charge in [0.15, 0.2) is 0 Å². The molecule has 9 heteroatoms. The van der Waals surface area contributed by atoms with Crippen molar-refractivity contribution in [3.8, 4) is 0 Å². The van der Waals surface area contributed by atoms with Gasteiger partial charge in [-0.1, -0.05) is 84.0 Å². The number of likely N-dealkylation sites (N-methyl/N-ethyl adjacent to an activating group) is 1. The standard InChI is InChI=1S/C29H52N4O4S/c1-3-32-21-23-33(24-22-32)28-20-19-26(29(30)34)27(31-28)18-16-14-12-10-8-6-4-5-7-9-11-13-15-17-25-37-38(2,35)36/h19-20H,3-18,21-25H2,1-2H3,(H2,30,34). The molecule has 38 heavy (non-hydrogen) atoms. The lowest BCUT2D eigenvalue weighted by atomic mass is 10.0. The van der Waals surface area contributed by atoms with Gasteiger partial charge in [0, 0.05) is 26.2 Å². The molecule has 0 spiro atoms. The number of aromatic nitrogens is 1. The maximum absolute atomic E-state index is 11.9. The van der Waals surface area contributed by atoms with E-state index in [-0.39, 0.29) is 5.91 Å². The number of rotatable bonds is 21. The van der Waals surface area contributed by atoms with Crippen molar-refractivity contribution in [2.24, 2.45) is 5.73 Å². The lowest BCUT2D eigenvalue weighted by molar-refractivity contribution is 0.0999. The van der Waals surface area contributed by atoms with Crippen LogP contribution in [0.25, 0.3) is 0 Å². The zero-order valence-electron chi connectivity index (χ0n) is 24.0. The van der Waals surface area contributed by atoms with Gasteiger partial charge in [0.05, 0.1) is 24.1 Å². The summed E-state index contributed by atoms with van der Waals surface area (Å²) in [5.41, 5.74) is 7.06. The largest absolute Gasteiger partial charge is 0.366 e. The summed E-state index contributed by atoms with van der Waals surface area (Å²) < 4.78 is 26.5. The van der Waals surface area contributed by atoms with Crippen molar-refractivity contribution in [1.82, 2.24) is 9.88 Å². The molecule has 0 unspecified atom stereocenters. The number of carbonyl (C=O) groups excluding carboxylic acids is 1. The maximum Gasteiger partial charge on any atom is 0.264 e. The van der Waals surface area contributed by atoms with Gasteiger partial charge >= 0.3 is 0 Å². The second-order valence-electron chi connectivity index (χ2n) is 10.7. The zero-order valence-corrected chi connectivity index (χ0v) is 24.8. The van der Waals surface area contributed by atoms with Crippen LogP contribution in [0.15, 0.2) is 12.1 Å². The lowest BCUT2D eigenvalue weighted by Gasteiger charge is -2.35. The average Bonchev–Trinajstić information content (AvgIpc) is 2.89. The van der Waals surface area contributed by atoms with Crippen molar-refractivity contribution >= 4 is 21.8 Å². The average molecular weight is 553 g/mol. The summed E-state index contributed by atoms with van der Waals surface area (Å²) in [5.74, 6) is 0.592. The van der Waals surface area contributed by atoms with Gasteiger partial charge < -0.3 is 15.5 Å². The molecule has 0 radical (unpaired) electrons. The number of piperazine rings is 1. The quantitative estimate of drug-likeness (QED) is 0.163. The van der Waals surface area contributed by atoms with E-state index in [2.05, 4.69) is 16.7 Å². The van der Waals surface area contributed by atoms with Gasteiger partial charge in [0.2, 0.25) is 0 Å². The molecule has 1 aliphatic rings. The van der Waals surface area contributed by atoms with Crippen molar-refractivity contribution in [2.75, 3.05) is 50.5 Å². The van der Waals surface area contributed by atoms with E-state index >= 15 is 0 Å². The highest BCUT2D eigenvalue weighted by atomic mass is 32.2. The number of primary amides is 1. The number of carbonyl (C=O) groups is 1. The molecule has 1 aromatic rings. The van der Waals surface area contributed by atoms with E-state index in [0.717, 1.165) is 89.0 Å². The molecule has 2 N–H and O–H groups in total. The van der Waals surface area contributed by atoms with E-state index < -0.39 is 10.1 Å². The Labute approximate surface area is 231 Å².